The lowest BCUT2D eigenvalue weighted by molar-refractivity contribution is 0.669. The Labute approximate surface area is 197 Å². The quantitative estimate of drug-likeness (QED) is 0.247. The summed E-state index contributed by atoms with van der Waals surface area (Å²) in [6.45, 7) is 0. The molecule has 5 aromatic carbocycles. The summed E-state index contributed by atoms with van der Waals surface area (Å²) in [4.78, 5) is 0. The average Bonchev–Trinajstić information content (AvgIpc) is 3.23. The second-order valence-corrected chi connectivity index (χ2v) is 8.77. The van der Waals surface area contributed by atoms with E-state index < -0.39 is 0 Å². The molecule has 0 fully saturated rings. The van der Waals surface area contributed by atoms with Gasteiger partial charge in [-0.3, -0.25) is 0 Å². The minimum Gasteiger partial charge on any atom is -0.456 e. The van der Waals surface area contributed by atoms with E-state index in [9.17, 15) is 0 Å². The second kappa shape index (κ2) is 8.27. The van der Waals surface area contributed by atoms with Gasteiger partial charge in [0.05, 0.1) is 0 Å². The third kappa shape index (κ3) is 3.71. The fourth-order valence-corrected chi connectivity index (χ4v) is 4.83. The van der Waals surface area contributed by atoms with Gasteiger partial charge >= 0.3 is 0 Å². The largest absolute Gasteiger partial charge is 0.456 e. The van der Waals surface area contributed by atoms with Crippen molar-refractivity contribution in [3.05, 3.63) is 143 Å². The molecule has 0 aliphatic rings. The van der Waals surface area contributed by atoms with Crippen LogP contribution in [0.2, 0.25) is 5.02 Å². The summed E-state index contributed by atoms with van der Waals surface area (Å²) in [6, 6.07) is 42.5. The number of furan rings is 1. The fourth-order valence-electron chi connectivity index (χ4n) is 4.67. The van der Waals surface area contributed by atoms with Gasteiger partial charge in [0, 0.05) is 27.8 Å². The first kappa shape index (κ1) is 19.8. The van der Waals surface area contributed by atoms with Crippen LogP contribution in [0.5, 0.6) is 0 Å². The normalized spacial score (nSPS) is 11.5. The highest BCUT2D eigenvalue weighted by atomic mass is 35.5. The van der Waals surface area contributed by atoms with Gasteiger partial charge in [-0.15, -0.1) is 0 Å². The Morgan fingerprint density at radius 2 is 1.09 bits per heavy atom. The van der Waals surface area contributed by atoms with Crippen LogP contribution in [0.4, 0.5) is 0 Å². The summed E-state index contributed by atoms with van der Waals surface area (Å²) < 4.78 is 5.99. The maximum atomic E-state index is 6.14. The highest BCUT2D eigenvalue weighted by Gasteiger charge is 2.16. The number of hydrogen-bond donors (Lipinski definition) is 0. The van der Waals surface area contributed by atoms with Gasteiger partial charge in [0.2, 0.25) is 0 Å². The predicted molar refractivity (Wildman–Crippen MR) is 138 cm³/mol. The molecule has 2 heteroatoms. The highest BCUT2D eigenvalue weighted by molar-refractivity contribution is 6.31. The molecule has 0 bridgehead atoms. The lowest BCUT2D eigenvalue weighted by atomic mass is 9.84. The third-order valence-electron chi connectivity index (χ3n) is 6.28. The Bertz CT molecular complexity index is 1510. The van der Waals surface area contributed by atoms with Crippen molar-refractivity contribution >= 4 is 33.5 Å². The van der Waals surface area contributed by atoms with Crippen molar-refractivity contribution in [3.8, 4) is 11.1 Å². The van der Waals surface area contributed by atoms with Crippen molar-refractivity contribution in [2.45, 2.75) is 5.92 Å². The van der Waals surface area contributed by atoms with Crippen LogP contribution < -0.4 is 0 Å². The van der Waals surface area contributed by atoms with Crippen LogP contribution in [0.3, 0.4) is 0 Å². The van der Waals surface area contributed by atoms with E-state index in [0.29, 0.717) is 5.02 Å². The molecule has 0 unspecified atom stereocenters. The SMILES string of the molecule is Clc1ccc2c(c1)oc1ccc(-c3ccc(C(c4ccccc4)c4ccccc4)cc3)cc12. The zero-order valence-corrected chi connectivity index (χ0v) is 18.7. The first-order chi connectivity index (χ1) is 16.3. The van der Waals surface area contributed by atoms with Crippen molar-refractivity contribution in [3.63, 3.8) is 0 Å². The number of fused-ring (bicyclic) bond motifs is 3. The minimum absolute atomic E-state index is 0.200. The summed E-state index contributed by atoms with van der Waals surface area (Å²) in [5, 5.41) is 2.87. The fraction of sp³-hybridized carbons (Fsp3) is 0.0323. The maximum absolute atomic E-state index is 6.14. The van der Waals surface area contributed by atoms with Gasteiger partial charge in [-0.2, -0.15) is 0 Å². The molecule has 0 N–H and O–H groups in total. The van der Waals surface area contributed by atoms with Crippen molar-refractivity contribution in [1.82, 2.24) is 0 Å². The molecule has 0 aliphatic carbocycles. The molecule has 0 saturated heterocycles. The van der Waals surface area contributed by atoms with Crippen LogP contribution in [0.1, 0.15) is 22.6 Å². The summed E-state index contributed by atoms with van der Waals surface area (Å²) in [5.41, 5.74) is 7.91. The Balaban J connectivity index is 1.41. The molecular weight excluding hydrogens is 424 g/mol. The number of halogens is 1. The minimum atomic E-state index is 0.200. The second-order valence-electron chi connectivity index (χ2n) is 8.33. The molecule has 158 valence electrons. The topological polar surface area (TPSA) is 13.1 Å². The molecule has 0 atom stereocenters. The van der Waals surface area contributed by atoms with Crippen LogP contribution in [-0.2, 0) is 0 Å². The Kier molecular flexibility index (Phi) is 4.97. The lowest BCUT2D eigenvalue weighted by Crippen LogP contribution is -2.03. The summed E-state index contributed by atoms with van der Waals surface area (Å²) >= 11 is 6.14. The van der Waals surface area contributed by atoms with Crippen LogP contribution in [-0.4, -0.2) is 0 Å². The molecule has 1 nitrogen and oxygen atoms in total. The molecule has 0 aliphatic heterocycles. The van der Waals surface area contributed by atoms with E-state index >= 15 is 0 Å². The first-order valence-corrected chi connectivity index (χ1v) is 11.5. The van der Waals surface area contributed by atoms with Crippen molar-refractivity contribution in [2.75, 3.05) is 0 Å². The molecule has 1 heterocycles. The van der Waals surface area contributed by atoms with E-state index in [0.717, 1.165) is 21.9 Å². The molecule has 0 radical (unpaired) electrons. The molecule has 0 amide bonds. The zero-order valence-electron chi connectivity index (χ0n) is 17.9. The molecule has 33 heavy (non-hydrogen) atoms. The van der Waals surface area contributed by atoms with Gasteiger partial charge in [0.15, 0.2) is 0 Å². The zero-order chi connectivity index (χ0) is 22.2. The molecule has 6 aromatic rings. The predicted octanol–water partition coefficient (Wildman–Crippen LogP) is 9.09. The number of hydrogen-bond acceptors (Lipinski definition) is 1. The summed E-state index contributed by atoms with van der Waals surface area (Å²) in [7, 11) is 0. The van der Waals surface area contributed by atoms with Crippen molar-refractivity contribution in [2.24, 2.45) is 0 Å². The number of benzene rings is 5. The van der Waals surface area contributed by atoms with E-state index in [4.69, 9.17) is 16.0 Å². The van der Waals surface area contributed by atoms with E-state index in [1.807, 2.05) is 24.3 Å². The molecule has 0 spiro atoms. The van der Waals surface area contributed by atoms with Crippen molar-refractivity contribution < 1.29 is 4.42 Å². The van der Waals surface area contributed by atoms with Crippen LogP contribution in [0.15, 0.2) is 126 Å². The van der Waals surface area contributed by atoms with E-state index in [1.165, 1.54) is 27.8 Å². The summed E-state index contributed by atoms with van der Waals surface area (Å²) in [6.07, 6.45) is 0. The van der Waals surface area contributed by atoms with E-state index in [1.54, 1.807) is 0 Å². The third-order valence-corrected chi connectivity index (χ3v) is 6.51. The lowest BCUT2D eigenvalue weighted by Gasteiger charge is -2.19. The standard InChI is InChI=1S/C31H21ClO/c32-26-16-17-27-28-19-25(15-18-29(28)33-30(27)20-26)21-11-13-24(14-12-21)31(22-7-3-1-4-8-22)23-9-5-2-6-10-23/h1-20,31H. The van der Waals surface area contributed by atoms with Crippen LogP contribution >= 0.6 is 11.6 Å². The smallest absolute Gasteiger partial charge is 0.136 e. The molecule has 0 saturated carbocycles. The Morgan fingerprint density at radius 1 is 0.485 bits per heavy atom. The van der Waals surface area contributed by atoms with Gasteiger partial charge in [0.25, 0.3) is 0 Å². The Hall–Kier alpha value is -3.81. The maximum Gasteiger partial charge on any atom is 0.136 e. The Morgan fingerprint density at radius 3 is 1.76 bits per heavy atom. The molecule has 6 rings (SSSR count). The monoisotopic (exact) mass is 444 g/mol. The van der Waals surface area contributed by atoms with E-state index in [2.05, 4.69) is 97.1 Å². The van der Waals surface area contributed by atoms with Gasteiger partial charge in [-0.25, -0.2) is 0 Å². The summed E-state index contributed by atoms with van der Waals surface area (Å²) in [5.74, 6) is 0.200. The van der Waals surface area contributed by atoms with Crippen molar-refractivity contribution in [1.29, 1.82) is 0 Å². The first-order valence-electron chi connectivity index (χ1n) is 11.1. The van der Waals surface area contributed by atoms with Gasteiger partial charge in [-0.05, 0) is 52.1 Å². The molecular formula is C31H21ClO. The van der Waals surface area contributed by atoms with Gasteiger partial charge < -0.3 is 4.42 Å². The number of rotatable bonds is 4. The van der Waals surface area contributed by atoms with Crippen LogP contribution in [0.25, 0.3) is 33.1 Å². The molecule has 1 aromatic heterocycles. The average molecular weight is 445 g/mol. The van der Waals surface area contributed by atoms with Crippen LogP contribution in [0, 0.1) is 0 Å². The van der Waals surface area contributed by atoms with E-state index in [-0.39, 0.29) is 5.92 Å². The van der Waals surface area contributed by atoms with Gasteiger partial charge in [0.1, 0.15) is 11.2 Å². The highest BCUT2D eigenvalue weighted by Crippen LogP contribution is 2.36. The van der Waals surface area contributed by atoms with Gasteiger partial charge in [-0.1, -0.05) is 103 Å².